The summed E-state index contributed by atoms with van der Waals surface area (Å²) in [7, 11) is 1.69. The predicted molar refractivity (Wildman–Crippen MR) is 92.8 cm³/mol. The lowest BCUT2D eigenvalue weighted by Crippen LogP contribution is -2.22. The van der Waals surface area contributed by atoms with E-state index in [9.17, 15) is 0 Å². The van der Waals surface area contributed by atoms with Crippen LogP contribution < -0.4 is 10.1 Å². The molecule has 20 heavy (non-hydrogen) atoms. The van der Waals surface area contributed by atoms with Gasteiger partial charge >= 0.3 is 0 Å². The topological polar surface area (TPSA) is 21.3 Å². The minimum atomic E-state index is 0.310. The fourth-order valence-electron chi connectivity index (χ4n) is 2.13. The average Bonchev–Trinajstić information content (AvgIpc) is 2.78. The van der Waals surface area contributed by atoms with Crippen molar-refractivity contribution in [1.82, 2.24) is 5.32 Å². The lowest BCUT2D eigenvalue weighted by Gasteiger charge is -2.18. The first kappa shape index (κ1) is 16.0. The van der Waals surface area contributed by atoms with Crippen molar-refractivity contribution >= 4 is 43.2 Å². The zero-order chi connectivity index (χ0) is 14.5. The van der Waals surface area contributed by atoms with Crippen LogP contribution in [0.2, 0.25) is 0 Å². The molecule has 0 spiro atoms. The Morgan fingerprint density at radius 2 is 1.95 bits per heavy atom. The van der Waals surface area contributed by atoms with E-state index in [1.165, 1.54) is 14.9 Å². The second-order valence-electron chi connectivity index (χ2n) is 4.44. The van der Waals surface area contributed by atoms with Crippen molar-refractivity contribution in [3.8, 4) is 5.75 Å². The fraction of sp³-hybridized carbons (Fsp3) is 0.333. The Kier molecular flexibility index (Phi) is 6.08. The van der Waals surface area contributed by atoms with E-state index in [1.807, 2.05) is 12.1 Å². The summed E-state index contributed by atoms with van der Waals surface area (Å²) < 4.78 is 7.54. The lowest BCUT2D eigenvalue weighted by atomic mass is 10.0. The van der Waals surface area contributed by atoms with Crippen LogP contribution in [0.25, 0.3) is 0 Å². The van der Waals surface area contributed by atoms with Gasteiger partial charge in [0.15, 0.2) is 0 Å². The van der Waals surface area contributed by atoms with E-state index in [0.717, 1.165) is 22.5 Å². The number of methoxy groups -OCH3 is 1. The molecule has 0 saturated carbocycles. The zero-order valence-corrected chi connectivity index (χ0v) is 15.4. The normalized spacial score (nSPS) is 12.4. The number of halogens is 2. The molecule has 2 rings (SSSR count). The highest BCUT2D eigenvalue weighted by Gasteiger charge is 2.17. The van der Waals surface area contributed by atoms with Gasteiger partial charge in [0.1, 0.15) is 5.75 Å². The van der Waals surface area contributed by atoms with Crippen LogP contribution in [0, 0.1) is 0 Å². The quantitative estimate of drug-likeness (QED) is 0.698. The summed E-state index contributed by atoms with van der Waals surface area (Å²) in [5, 5.41) is 3.55. The third-order valence-corrected chi connectivity index (χ3v) is 5.49. The van der Waals surface area contributed by atoms with Crippen molar-refractivity contribution in [3.05, 3.63) is 49.0 Å². The van der Waals surface area contributed by atoms with E-state index >= 15 is 0 Å². The molecule has 0 amide bonds. The van der Waals surface area contributed by atoms with Crippen molar-refractivity contribution < 1.29 is 4.74 Å². The first-order chi connectivity index (χ1) is 9.63. The molecular weight excluding hydrogens is 402 g/mol. The molecule has 0 aliphatic rings. The number of hydrogen-bond donors (Lipinski definition) is 1. The van der Waals surface area contributed by atoms with Crippen LogP contribution in [0.5, 0.6) is 5.75 Å². The molecule has 1 unspecified atom stereocenters. The summed E-state index contributed by atoms with van der Waals surface area (Å²) in [6.07, 6.45) is 0.958. The molecule has 2 aromatic rings. The number of ether oxygens (including phenoxy) is 1. The maximum absolute atomic E-state index is 5.20. The number of rotatable bonds is 6. The number of benzene rings is 1. The molecule has 0 saturated heterocycles. The SMILES string of the molecule is CCNC(Cc1ccc(OC)cc1)c1cc(Br)sc1Br. The second-order valence-corrected chi connectivity index (χ2v) is 8.19. The molecule has 0 aliphatic heterocycles. The summed E-state index contributed by atoms with van der Waals surface area (Å²) in [6.45, 7) is 3.08. The molecule has 2 nitrogen and oxygen atoms in total. The van der Waals surface area contributed by atoms with Crippen molar-refractivity contribution in [2.75, 3.05) is 13.7 Å². The minimum absolute atomic E-state index is 0.310. The van der Waals surface area contributed by atoms with Crippen molar-refractivity contribution in [2.45, 2.75) is 19.4 Å². The van der Waals surface area contributed by atoms with Crippen LogP contribution in [0.3, 0.4) is 0 Å². The Labute approximate surface area is 140 Å². The average molecular weight is 419 g/mol. The van der Waals surface area contributed by atoms with Crippen molar-refractivity contribution in [3.63, 3.8) is 0 Å². The molecule has 0 fully saturated rings. The van der Waals surface area contributed by atoms with Gasteiger partial charge < -0.3 is 10.1 Å². The van der Waals surface area contributed by atoms with Gasteiger partial charge in [-0.15, -0.1) is 11.3 Å². The molecule has 1 aromatic carbocycles. The predicted octanol–water partition coefficient (Wildman–Crippen LogP) is 5.18. The highest BCUT2D eigenvalue weighted by atomic mass is 79.9. The Hall–Kier alpha value is -0.360. The van der Waals surface area contributed by atoms with Crippen molar-refractivity contribution in [1.29, 1.82) is 0 Å². The van der Waals surface area contributed by atoms with Crippen LogP contribution in [-0.2, 0) is 6.42 Å². The Balaban J connectivity index is 2.18. The molecular formula is C15H17Br2NOS. The minimum Gasteiger partial charge on any atom is -0.497 e. The molecule has 0 bridgehead atoms. The second kappa shape index (κ2) is 7.59. The van der Waals surface area contributed by atoms with E-state index < -0.39 is 0 Å². The van der Waals surface area contributed by atoms with Crippen LogP contribution in [0.4, 0.5) is 0 Å². The van der Waals surface area contributed by atoms with Crippen LogP contribution >= 0.6 is 43.2 Å². The van der Waals surface area contributed by atoms with E-state index in [0.29, 0.717) is 6.04 Å². The Morgan fingerprint density at radius 3 is 2.45 bits per heavy atom. The molecule has 108 valence electrons. The molecule has 1 atom stereocenters. The van der Waals surface area contributed by atoms with E-state index in [1.54, 1.807) is 18.4 Å². The third kappa shape index (κ3) is 4.07. The summed E-state index contributed by atoms with van der Waals surface area (Å²) in [6, 6.07) is 10.8. The summed E-state index contributed by atoms with van der Waals surface area (Å²) in [5.74, 6) is 0.896. The molecule has 1 N–H and O–H groups in total. The molecule has 5 heteroatoms. The van der Waals surface area contributed by atoms with Gasteiger partial charge in [0.05, 0.1) is 14.7 Å². The largest absolute Gasteiger partial charge is 0.497 e. The number of likely N-dealkylation sites (N-methyl/N-ethyl adjacent to an activating group) is 1. The van der Waals surface area contributed by atoms with Gasteiger partial charge in [-0.05, 0) is 74.2 Å². The highest BCUT2D eigenvalue weighted by Crippen LogP contribution is 2.36. The van der Waals surface area contributed by atoms with Crippen molar-refractivity contribution in [2.24, 2.45) is 0 Å². The lowest BCUT2D eigenvalue weighted by molar-refractivity contribution is 0.414. The number of hydrogen-bond acceptors (Lipinski definition) is 3. The Morgan fingerprint density at radius 1 is 1.25 bits per heavy atom. The van der Waals surface area contributed by atoms with Gasteiger partial charge in [-0.1, -0.05) is 19.1 Å². The zero-order valence-electron chi connectivity index (χ0n) is 11.5. The van der Waals surface area contributed by atoms with Gasteiger partial charge in [0, 0.05) is 6.04 Å². The Bertz CT molecular complexity index is 554. The third-order valence-electron chi connectivity index (χ3n) is 3.11. The molecule has 0 radical (unpaired) electrons. The van der Waals surface area contributed by atoms with Crippen LogP contribution in [-0.4, -0.2) is 13.7 Å². The van der Waals surface area contributed by atoms with E-state index in [-0.39, 0.29) is 0 Å². The van der Waals surface area contributed by atoms with Gasteiger partial charge in [-0.2, -0.15) is 0 Å². The van der Waals surface area contributed by atoms with Crippen LogP contribution in [0.15, 0.2) is 37.9 Å². The maximum atomic E-state index is 5.20. The standard InChI is InChI=1S/C15H17Br2NOS/c1-3-18-13(12-9-14(16)20-15(12)17)8-10-4-6-11(19-2)7-5-10/h4-7,9,13,18H,3,8H2,1-2H3. The van der Waals surface area contributed by atoms with Gasteiger partial charge in [0.2, 0.25) is 0 Å². The van der Waals surface area contributed by atoms with Gasteiger partial charge in [-0.3, -0.25) is 0 Å². The van der Waals surface area contributed by atoms with Gasteiger partial charge in [0.25, 0.3) is 0 Å². The number of thiophene rings is 1. The first-order valence-electron chi connectivity index (χ1n) is 6.45. The summed E-state index contributed by atoms with van der Waals surface area (Å²) in [5.41, 5.74) is 2.60. The first-order valence-corrected chi connectivity index (χ1v) is 8.85. The molecule has 1 heterocycles. The molecule has 0 aliphatic carbocycles. The van der Waals surface area contributed by atoms with E-state index in [4.69, 9.17) is 4.74 Å². The smallest absolute Gasteiger partial charge is 0.118 e. The molecule has 1 aromatic heterocycles. The highest BCUT2D eigenvalue weighted by molar-refractivity contribution is 9.12. The number of nitrogens with one attached hydrogen (secondary N) is 1. The van der Waals surface area contributed by atoms with Gasteiger partial charge in [-0.25, -0.2) is 0 Å². The summed E-state index contributed by atoms with van der Waals surface area (Å²) in [4.78, 5) is 0. The summed E-state index contributed by atoms with van der Waals surface area (Å²) >= 11 is 8.92. The van der Waals surface area contributed by atoms with Crippen LogP contribution in [0.1, 0.15) is 24.1 Å². The van der Waals surface area contributed by atoms with E-state index in [2.05, 4.69) is 62.3 Å². The fourth-order valence-corrected chi connectivity index (χ4v) is 5.10. The monoisotopic (exact) mass is 417 g/mol. The maximum Gasteiger partial charge on any atom is 0.118 e.